The van der Waals surface area contributed by atoms with E-state index in [4.69, 9.17) is 16.7 Å². The lowest BCUT2D eigenvalue weighted by atomic mass is 10.2. The van der Waals surface area contributed by atoms with E-state index in [0.29, 0.717) is 23.5 Å². The van der Waals surface area contributed by atoms with E-state index >= 15 is 0 Å². The first-order chi connectivity index (χ1) is 8.18. The minimum atomic E-state index is -1.05. The van der Waals surface area contributed by atoms with E-state index in [1.165, 1.54) is 0 Å². The number of aromatic nitrogens is 2. The predicted octanol–water partition coefficient (Wildman–Crippen LogP) is 2.09. The third kappa shape index (κ3) is 2.62. The average Bonchev–Trinajstić information content (AvgIpc) is 2.32. The van der Waals surface area contributed by atoms with Crippen LogP contribution in [0.1, 0.15) is 5.56 Å². The number of hydrogen-bond donors (Lipinski definition) is 2. The van der Waals surface area contributed by atoms with Gasteiger partial charge >= 0.3 is 6.09 Å². The van der Waals surface area contributed by atoms with Gasteiger partial charge in [-0.15, -0.1) is 0 Å². The molecule has 0 aromatic carbocycles. The van der Waals surface area contributed by atoms with Crippen molar-refractivity contribution in [2.24, 2.45) is 0 Å². The maximum absolute atomic E-state index is 10.3. The number of hydrogen-bond acceptors (Lipinski definition) is 3. The van der Waals surface area contributed by atoms with E-state index in [-0.39, 0.29) is 0 Å². The molecule has 2 N–H and O–H groups in total. The molecule has 1 amide bonds. The minimum Gasteiger partial charge on any atom is -0.465 e. The molecule has 17 heavy (non-hydrogen) atoms. The number of carboxylic acid groups (broad SMARTS) is 1. The molecule has 2 aromatic rings. The number of fused-ring (bicyclic) bond motifs is 1. The third-order valence-electron chi connectivity index (χ3n) is 2.31. The summed E-state index contributed by atoms with van der Waals surface area (Å²) in [4.78, 5) is 18.7. The third-order valence-corrected chi connectivity index (χ3v) is 2.73. The average molecular weight is 252 g/mol. The molecule has 0 spiro atoms. The number of nitrogens with zero attached hydrogens (tertiary/aromatic N) is 2. The van der Waals surface area contributed by atoms with Crippen LogP contribution in [0.2, 0.25) is 5.02 Å². The van der Waals surface area contributed by atoms with Gasteiger partial charge in [0, 0.05) is 18.9 Å². The fraction of sp³-hybridized carbons (Fsp3) is 0.182. The van der Waals surface area contributed by atoms with Gasteiger partial charge in [0.05, 0.1) is 10.5 Å². The summed E-state index contributed by atoms with van der Waals surface area (Å²) < 4.78 is 0. The molecular weight excluding hydrogens is 242 g/mol. The highest BCUT2D eigenvalue weighted by Gasteiger charge is 2.07. The fourth-order valence-corrected chi connectivity index (χ4v) is 1.79. The van der Waals surface area contributed by atoms with Crippen molar-refractivity contribution in [1.82, 2.24) is 15.3 Å². The zero-order chi connectivity index (χ0) is 12.3. The van der Waals surface area contributed by atoms with Crippen LogP contribution in [0.5, 0.6) is 0 Å². The second-order valence-electron chi connectivity index (χ2n) is 3.45. The lowest BCUT2D eigenvalue weighted by Crippen LogP contribution is -2.23. The number of nitrogens with one attached hydrogen (secondary N) is 1. The Bertz CT molecular complexity index is 559. The van der Waals surface area contributed by atoms with Crippen LogP contribution in [0.4, 0.5) is 4.79 Å². The number of rotatable bonds is 3. The fourth-order valence-electron chi connectivity index (χ4n) is 1.50. The van der Waals surface area contributed by atoms with Gasteiger partial charge < -0.3 is 10.4 Å². The van der Waals surface area contributed by atoms with Gasteiger partial charge in [0.1, 0.15) is 5.52 Å². The number of halogens is 1. The van der Waals surface area contributed by atoms with Crippen molar-refractivity contribution in [2.75, 3.05) is 6.54 Å². The highest BCUT2D eigenvalue weighted by atomic mass is 35.5. The largest absolute Gasteiger partial charge is 0.465 e. The van der Waals surface area contributed by atoms with Crippen molar-refractivity contribution in [3.8, 4) is 0 Å². The van der Waals surface area contributed by atoms with E-state index in [1.807, 2.05) is 6.07 Å². The Kier molecular flexibility index (Phi) is 3.39. The number of pyridine rings is 2. The highest BCUT2D eigenvalue weighted by Crippen LogP contribution is 2.23. The summed E-state index contributed by atoms with van der Waals surface area (Å²) in [6.07, 6.45) is 2.74. The van der Waals surface area contributed by atoms with Crippen LogP contribution in [0.25, 0.3) is 11.0 Å². The Morgan fingerprint density at radius 1 is 1.47 bits per heavy atom. The van der Waals surface area contributed by atoms with Gasteiger partial charge in [0.2, 0.25) is 0 Å². The Balaban J connectivity index is 2.23. The first-order valence-corrected chi connectivity index (χ1v) is 5.41. The molecule has 0 aliphatic rings. The summed E-state index contributed by atoms with van der Waals surface area (Å²) in [5.74, 6) is 0. The molecular formula is C11H10ClN3O2. The molecule has 0 saturated heterocycles. The quantitative estimate of drug-likeness (QED) is 0.876. The molecule has 0 aliphatic heterocycles. The molecule has 88 valence electrons. The zero-order valence-corrected chi connectivity index (χ0v) is 9.61. The molecule has 2 heterocycles. The van der Waals surface area contributed by atoms with Crippen molar-refractivity contribution in [3.05, 3.63) is 35.1 Å². The summed E-state index contributed by atoms with van der Waals surface area (Å²) in [6, 6.07) is 3.62. The molecule has 5 nitrogen and oxygen atoms in total. The topological polar surface area (TPSA) is 75.1 Å². The Morgan fingerprint density at radius 3 is 3.06 bits per heavy atom. The SMILES string of the molecule is O=C(O)NCCc1cnc2cccnc2c1Cl. The van der Waals surface area contributed by atoms with E-state index in [2.05, 4.69) is 15.3 Å². The monoisotopic (exact) mass is 251 g/mol. The maximum atomic E-state index is 10.3. The van der Waals surface area contributed by atoms with Crippen LogP contribution in [0.15, 0.2) is 24.5 Å². The Hall–Kier alpha value is -1.88. The van der Waals surface area contributed by atoms with Gasteiger partial charge in [-0.2, -0.15) is 0 Å². The molecule has 2 aromatic heterocycles. The lowest BCUT2D eigenvalue weighted by Gasteiger charge is -2.06. The van der Waals surface area contributed by atoms with Gasteiger partial charge in [-0.05, 0) is 24.1 Å². The van der Waals surface area contributed by atoms with Crippen molar-refractivity contribution in [3.63, 3.8) is 0 Å². The highest BCUT2D eigenvalue weighted by molar-refractivity contribution is 6.35. The molecule has 0 saturated carbocycles. The van der Waals surface area contributed by atoms with Gasteiger partial charge in [-0.25, -0.2) is 4.79 Å². The first-order valence-electron chi connectivity index (χ1n) is 5.03. The van der Waals surface area contributed by atoms with Gasteiger partial charge in [-0.3, -0.25) is 9.97 Å². The van der Waals surface area contributed by atoms with Crippen LogP contribution in [0, 0.1) is 0 Å². The van der Waals surface area contributed by atoms with Crippen LogP contribution in [-0.2, 0) is 6.42 Å². The number of amides is 1. The van der Waals surface area contributed by atoms with Crippen molar-refractivity contribution in [2.45, 2.75) is 6.42 Å². The van der Waals surface area contributed by atoms with Gasteiger partial charge in [0.15, 0.2) is 0 Å². The molecule has 0 radical (unpaired) electrons. The normalized spacial score (nSPS) is 10.4. The molecule has 0 fully saturated rings. The van der Waals surface area contributed by atoms with Crippen molar-refractivity contribution >= 4 is 28.7 Å². The first kappa shape index (κ1) is 11.6. The summed E-state index contributed by atoms with van der Waals surface area (Å²) >= 11 is 6.18. The van der Waals surface area contributed by atoms with Crippen LogP contribution < -0.4 is 5.32 Å². The lowest BCUT2D eigenvalue weighted by molar-refractivity contribution is 0.194. The molecule has 0 atom stereocenters. The van der Waals surface area contributed by atoms with Gasteiger partial charge in [0.25, 0.3) is 0 Å². The molecule has 0 bridgehead atoms. The summed E-state index contributed by atoms with van der Waals surface area (Å²) in [7, 11) is 0. The van der Waals surface area contributed by atoms with Crippen LogP contribution >= 0.6 is 11.6 Å². The van der Waals surface area contributed by atoms with Crippen molar-refractivity contribution < 1.29 is 9.90 Å². The summed E-state index contributed by atoms with van der Waals surface area (Å²) in [5.41, 5.74) is 2.15. The molecule has 6 heteroatoms. The van der Waals surface area contributed by atoms with E-state index in [9.17, 15) is 4.79 Å². The predicted molar refractivity (Wildman–Crippen MR) is 64.3 cm³/mol. The van der Waals surface area contributed by atoms with Crippen molar-refractivity contribution in [1.29, 1.82) is 0 Å². The summed E-state index contributed by atoms with van der Waals surface area (Å²) in [6.45, 7) is 0.301. The van der Waals surface area contributed by atoms with Gasteiger partial charge in [-0.1, -0.05) is 11.6 Å². The summed E-state index contributed by atoms with van der Waals surface area (Å²) in [5, 5.41) is 11.3. The van der Waals surface area contributed by atoms with Crippen LogP contribution in [0.3, 0.4) is 0 Å². The van der Waals surface area contributed by atoms with E-state index < -0.39 is 6.09 Å². The second-order valence-corrected chi connectivity index (χ2v) is 3.83. The Labute approximate surface area is 102 Å². The smallest absolute Gasteiger partial charge is 0.404 e. The Morgan fingerprint density at radius 2 is 2.29 bits per heavy atom. The van der Waals surface area contributed by atoms with Crippen LogP contribution in [-0.4, -0.2) is 27.7 Å². The van der Waals surface area contributed by atoms with E-state index in [1.54, 1.807) is 18.5 Å². The molecule has 0 unspecified atom stereocenters. The maximum Gasteiger partial charge on any atom is 0.404 e. The minimum absolute atomic E-state index is 0.301. The number of carbonyl (C=O) groups is 1. The zero-order valence-electron chi connectivity index (χ0n) is 8.85. The van der Waals surface area contributed by atoms with E-state index in [0.717, 1.165) is 11.1 Å². The second kappa shape index (κ2) is 4.97. The molecule has 2 rings (SSSR count). The standard InChI is InChI=1S/C11H10ClN3O2/c12-9-7(3-5-14-11(16)17)6-15-8-2-1-4-13-10(8)9/h1-2,4,6,14H,3,5H2,(H,16,17). The molecule has 0 aliphatic carbocycles.